The van der Waals surface area contributed by atoms with Crippen LogP contribution in [-0.2, 0) is 79.1 Å². The van der Waals surface area contributed by atoms with Crippen LogP contribution in [0, 0.1) is 0 Å². The molecular weight excluding hydrogens is 792 g/mol. The minimum absolute atomic E-state index is 0.0305. The minimum Gasteiger partial charge on any atom is -0.790 e. The van der Waals surface area contributed by atoms with Crippen LogP contribution in [0.3, 0.4) is 0 Å². The van der Waals surface area contributed by atoms with Gasteiger partial charge in [-0.3, -0.25) is 0 Å². The summed E-state index contributed by atoms with van der Waals surface area (Å²) in [6, 6.07) is 0. The third kappa shape index (κ3) is 24.2. The highest BCUT2D eigenvalue weighted by Crippen LogP contribution is 2.47. The molecule has 1 rings (SSSR count). The van der Waals surface area contributed by atoms with Gasteiger partial charge in [-0.05, 0) is 0 Å². The highest BCUT2D eigenvalue weighted by molar-refractivity contribution is 7.44. The van der Waals surface area contributed by atoms with Crippen molar-refractivity contribution < 1.29 is 124 Å². The summed E-state index contributed by atoms with van der Waals surface area (Å²) in [6.07, 6.45) is -17.2. The van der Waals surface area contributed by atoms with Crippen molar-refractivity contribution in [3.8, 4) is 0 Å². The number of phosphoric acid groups is 4. The van der Waals surface area contributed by atoms with Crippen LogP contribution in [0.1, 0.15) is 0 Å². The first kappa shape index (κ1) is 49.1. The van der Waals surface area contributed by atoms with Crippen molar-refractivity contribution in [1.29, 1.82) is 0 Å². The largest absolute Gasteiger partial charge is 0.790 e. The lowest BCUT2D eigenvalue weighted by Gasteiger charge is -2.55. The summed E-state index contributed by atoms with van der Waals surface area (Å²) in [5.41, 5.74) is 0. The lowest BCUT2D eigenvalue weighted by atomic mass is 9.85. The maximum Gasteiger partial charge on any atom is 0.121 e. The summed E-state index contributed by atoms with van der Waals surface area (Å²) in [5, 5.41) is 11.5. The molecule has 0 saturated heterocycles. The van der Waals surface area contributed by atoms with Gasteiger partial charge in [-0.25, -0.2) is 0 Å². The second kappa shape index (κ2) is 25.2. The van der Waals surface area contributed by atoms with E-state index in [2.05, 4.69) is 23.0 Å². The van der Waals surface area contributed by atoms with Gasteiger partial charge < -0.3 is 124 Å². The molecule has 0 aromatic carbocycles. The van der Waals surface area contributed by atoms with E-state index in [1.165, 1.54) is 0 Å². The predicted octanol–water partition coefficient (Wildman–Crippen LogP) is -8.35. The predicted molar refractivity (Wildman–Crippen MR) is 141 cm³/mol. The SMILES string of the molecule is COCCOCCOCCOCCOCCOCCOCCOC1C(OP(=O)([O-])[O-])[C@H](OP(=O)([O-])[O-])C(O[O-])C(OP(=O)([O-])[O-])[C@@H]1OP(=O)([O-])[O-]. The summed E-state index contributed by atoms with van der Waals surface area (Å²) in [7, 11) is -23.7. The molecule has 0 aromatic heterocycles. The van der Waals surface area contributed by atoms with Gasteiger partial charge >= 0.3 is 0 Å². The maximum atomic E-state index is 11.5. The number of ether oxygens (including phenoxy) is 8. The molecule has 0 amide bonds. The Labute approximate surface area is 291 Å². The maximum absolute atomic E-state index is 11.5. The Morgan fingerprint density at radius 1 is 0.373 bits per heavy atom. The van der Waals surface area contributed by atoms with Gasteiger partial charge in [0.2, 0.25) is 0 Å². The van der Waals surface area contributed by atoms with Gasteiger partial charge in [0.1, 0.15) is 36.6 Å². The monoisotopic (exact) mass is 829 g/mol. The second-order valence-electron chi connectivity index (χ2n) is 9.63. The van der Waals surface area contributed by atoms with E-state index in [-0.39, 0.29) is 33.0 Å². The van der Waals surface area contributed by atoms with Crippen LogP contribution in [0.5, 0.6) is 0 Å². The first-order valence-electron chi connectivity index (χ1n) is 14.5. The molecule has 0 N–H and O–H groups in total. The molecule has 0 aromatic rings. The summed E-state index contributed by atoms with van der Waals surface area (Å²) in [5.74, 6) is 0. The second-order valence-corrected chi connectivity index (χ2v) is 14.1. The number of methoxy groups -OCH3 is 1. The van der Waals surface area contributed by atoms with Gasteiger partial charge in [-0.1, -0.05) is 0 Å². The van der Waals surface area contributed by atoms with Gasteiger partial charge in [0.25, 0.3) is 0 Å². The van der Waals surface area contributed by atoms with E-state index in [0.29, 0.717) is 46.2 Å². The van der Waals surface area contributed by atoms with Crippen LogP contribution in [0.2, 0.25) is 0 Å². The number of rotatable bonds is 31. The summed E-state index contributed by atoms with van der Waals surface area (Å²) < 4.78 is 104. The topological polar surface area (TPSA) is 396 Å². The van der Waals surface area contributed by atoms with Crippen molar-refractivity contribution in [3.05, 3.63) is 0 Å². The molecule has 26 nitrogen and oxygen atoms in total. The molecule has 1 fully saturated rings. The molecule has 1 saturated carbocycles. The Morgan fingerprint density at radius 3 is 0.843 bits per heavy atom. The number of phosphoric ester groups is 4. The number of hydrogen-bond acceptors (Lipinski definition) is 26. The molecule has 0 spiro atoms. The van der Waals surface area contributed by atoms with E-state index in [4.69, 9.17) is 37.9 Å². The highest BCUT2D eigenvalue weighted by atomic mass is 31.2. The van der Waals surface area contributed by atoms with Gasteiger partial charge in [0, 0.05) is 7.11 Å². The van der Waals surface area contributed by atoms with Gasteiger partial charge in [0.05, 0.1) is 124 Å². The Balaban J connectivity index is 2.64. The van der Waals surface area contributed by atoms with E-state index in [9.17, 15) is 62.7 Å². The molecule has 0 aliphatic heterocycles. The average Bonchev–Trinajstić information content (AvgIpc) is 2.98. The molecule has 51 heavy (non-hydrogen) atoms. The molecule has 0 bridgehead atoms. The van der Waals surface area contributed by atoms with Crippen LogP contribution in [0.25, 0.3) is 0 Å². The zero-order chi connectivity index (χ0) is 38.6. The average molecular weight is 829 g/mol. The van der Waals surface area contributed by atoms with Crippen molar-refractivity contribution in [2.45, 2.75) is 36.6 Å². The van der Waals surface area contributed by atoms with Crippen LogP contribution in [0.15, 0.2) is 0 Å². The smallest absolute Gasteiger partial charge is 0.121 e. The standard InChI is InChI=1S/C21H46O26P4/c1-35-2-3-36-4-5-37-6-7-38-8-9-39-10-11-40-12-13-41-14-15-42-16-18(44-48(23,24)25)20(46-50(29,30)31)17(43-22)21(47-51(32,33)34)19(16)45-49(26,27)28/h16-22H,2-15H2,1H3,(H2,23,24,25)(H2,26,27,28)(H2,29,30,31)(H2,32,33,34)/p-9/t16?,17?,18-,19?,20?,21-/m1/s1. The number of hydrogen-bond donors (Lipinski definition) is 0. The highest BCUT2D eigenvalue weighted by Gasteiger charge is 2.55. The molecule has 0 radical (unpaired) electrons. The fourth-order valence-electron chi connectivity index (χ4n) is 4.08. The van der Waals surface area contributed by atoms with Crippen LogP contribution >= 0.6 is 31.3 Å². The first-order valence-corrected chi connectivity index (χ1v) is 20.3. The molecule has 6 atom stereocenters. The molecule has 4 unspecified atom stereocenters. The third-order valence-corrected chi connectivity index (χ3v) is 7.89. The Morgan fingerprint density at radius 2 is 0.608 bits per heavy atom. The molecular formula is C21H37O26P4-9. The Kier molecular flexibility index (Phi) is 24.3. The fraction of sp³-hybridized carbons (Fsp3) is 1.00. The quantitative estimate of drug-likeness (QED) is 0.0271. The molecule has 30 heteroatoms. The zero-order valence-corrected chi connectivity index (χ0v) is 30.3. The van der Waals surface area contributed by atoms with Crippen molar-refractivity contribution in [1.82, 2.24) is 0 Å². The zero-order valence-electron chi connectivity index (χ0n) is 26.8. The normalized spacial score (nSPS) is 23.6. The van der Waals surface area contributed by atoms with Gasteiger partial charge in [0.15, 0.2) is 0 Å². The molecule has 1 aliphatic rings. The van der Waals surface area contributed by atoms with E-state index >= 15 is 0 Å². The van der Waals surface area contributed by atoms with E-state index in [0.717, 1.165) is 0 Å². The van der Waals surface area contributed by atoms with Crippen molar-refractivity contribution >= 4 is 31.3 Å². The first-order chi connectivity index (χ1) is 23.8. The van der Waals surface area contributed by atoms with Crippen molar-refractivity contribution in [3.63, 3.8) is 0 Å². The van der Waals surface area contributed by atoms with Crippen LogP contribution < -0.4 is 44.4 Å². The van der Waals surface area contributed by atoms with E-state index < -0.39 is 81.1 Å². The van der Waals surface area contributed by atoms with Crippen LogP contribution in [0.4, 0.5) is 0 Å². The molecule has 0 heterocycles. The van der Waals surface area contributed by atoms with E-state index in [1.807, 2.05) is 0 Å². The van der Waals surface area contributed by atoms with Gasteiger partial charge in [-0.2, -0.15) is 0 Å². The van der Waals surface area contributed by atoms with E-state index in [1.54, 1.807) is 7.11 Å². The van der Waals surface area contributed by atoms with Crippen LogP contribution in [-0.4, -0.2) is 136 Å². The Hall–Kier alpha value is 0.0400. The van der Waals surface area contributed by atoms with Crippen molar-refractivity contribution in [2.24, 2.45) is 0 Å². The molecule has 306 valence electrons. The fourth-order valence-corrected chi connectivity index (χ4v) is 6.24. The summed E-state index contributed by atoms with van der Waals surface area (Å²) >= 11 is 0. The lowest BCUT2D eigenvalue weighted by Crippen LogP contribution is -2.68. The third-order valence-electron chi connectivity index (χ3n) is 5.89. The van der Waals surface area contributed by atoms with Crippen molar-refractivity contribution in [2.75, 3.05) is 99.6 Å². The Bertz CT molecular complexity index is 1050. The van der Waals surface area contributed by atoms with Gasteiger partial charge in [-0.15, -0.1) is 0 Å². The summed E-state index contributed by atoms with van der Waals surface area (Å²) in [4.78, 5) is 94.8. The minimum atomic E-state index is -6.33. The summed E-state index contributed by atoms with van der Waals surface area (Å²) in [6.45, 7) is 1.92. The lowest BCUT2D eigenvalue weighted by molar-refractivity contribution is -0.710. The molecule has 1 aliphatic carbocycles.